The van der Waals surface area contributed by atoms with E-state index in [-0.39, 0.29) is 28.1 Å². The number of carbonyl (C=O) groups is 1. The van der Waals surface area contributed by atoms with Crippen LogP contribution >= 0.6 is 23.2 Å². The number of rotatable bonds is 2. The lowest BCUT2D eigenvalue weighted by Crippen LogP contribution is -1.99. The minimum absolute atomic E-state index is 0.0350. The minimum Gasteiger partial charge on any atom is -0.293 e. The highest BCUT2D eigenvalue weighted by molar-refractivity contribution is 6.34. The first kappa shape index (κ1) is 9.97. The molecule has 0 saturated carbocycles. The smallest absolute Gasteiger partial charge is 0.179 e. The first-order valence-corrected chi connectivity index (χ1v) is 4.13. The monoisotopic (exact) mass is 214 g/mol. The third-order valence-electron chi connectivity index (χ3n) is 1.35. The Labute approximate surface area is 84.9 Å². The van der Waals surface area contributed by atoms with Crippen LogP contribution in [0, 0.1) is 11.3 Å². The van der Waals surface area contributed by atoms with Crippen molar-refractivity contribution in [1.29, 1.82) is 5.26 Å². The van der Waals surface area contributed by atoms with Gasteiger partial charge in [0.15, 0.2) is 5.78 Å². The molecule has 1 heterocycles. The van der Waals surface area contributed by atoms with E-state index in [2.05, 4.69) is 4.98 Å². The van der Waals surface area contributed by atoms with Crippen LogP contribution in [0.1, 0.15) is 16.8 Å². The average molecular weight is 215 g/mol. The summed E-state index contributed by atoms with van der Waals surface area (Å²) >= 11 is 11.2. The fourth-order valence-electron chi connectivity index (χ4n) is 0.787. The molecule has 0 aliphatic carbocycles. The Bertz CT molecular complexity index is 384. The highest BCUT2D eigenvalue weighted by atomic mass is 35.5. The summed E-state index contributed by atoms with van der Waals surface area (Å²) in [7, 11) is 0. The molecule has 66 valence electrons. The number of aromatic nitrogens is 1. The molecule has 1 rings (SSSR count). The van der Waals surface area contributed by atoms with E-state index < -0.39 is 0 Å². The van der Waals surface area contributed by atoms with Crippen LogP contribution in [0.4, 0.5) is 0 Å². The van der Waals surface area contributed by atoms with Crippen molar-refractivity contribution in [3.63, 3.8) is 0 Å². The van der Waals surface area contributed by atoms with Crippen molar-refractivity contribution in [3.05, 3.63) is 28.0 Å². The summed E-state index contributed by atoms with van der Waals surface area (Å²) in [5.41, 5.74) is 0.229. The lowest BCUT2D eigenvalue weighted by Gasteiger charge is -1.98. The van der Waals surface area contributed by atoms with Crippen molar-refractivity contribution in [1.82, 2.24) is 4.98 Å². The molecule has 0 spiro atoms. The summed E-state index contributed by atoms with van der Waals surface area (Å²) in [6, 6.07) is 4.65. The van der Waals surface area contributed by atoms with E-state index in [4.69, 9.17) is 28.5 Å². The molecule has 0 unspecified atom stereocenters. The van der Waals surface area contributed by atoms with Gasteiger partial charge >= 0.3 is 0 Å². The zero-order chi connectivity index (χ0) is 9.84. The van der Waals surface area contributed by atoms with Crippen LogP contribution in [0.25, 0.3) is 0 Å². The Kier molecular flexibility index (Phi) is 3.24. The number of hydrogen-bond donors (Lipinski definition) is 0. The van der Waals surface area contributed by atoms with Crippen LogP contribution in [0.15, 0.2) is 12.1 Å². The van der Waals surface area contributed by atoms with Crippen LogP contribution in [0.3, 0.4) is 0 Å². The summed E-state index contributed by atoms with van der Waals surface area (Å²) in [5.74, 6) is -0.350. The van der Waals surface area contributed by atoms with Gasteiger partial charge in [0.1, 0.15) is 10.3 Å². The van der Waals surface area contributed by atoms with Crippen molar-refractivity contribution >= 4 is 29.0 Å². The van der Waals surface area contributed by atoms with Crippen molar-refractivity contribution in [2.75, 3.05) is 0 Å². The van der Waals surface area contributed by atoms with E-state index >= 15 is 0 Å². The molecule has 0 N–H and O–H groups in total. The molecule has 13 heavy (non-hydrogen) atoms. The van der Waals surface area contributed by atoms with E-state index in [1.165, 1.54) is 12.1 Å². The Morgan fingerprint density at radius 3 is 2.77 bits per heavy atom. The van der Waals surface area contributed by atoms with Crippen LogP contribution in [0.2, 0.25) is 10.3 Å². The van der Waals surface area contributed by atoms with E-state index in [9.17, 15) is 4.79 Å². The average Bonchev–Trinajstić information content (AvgIpc) is 2.04. The lowest BCUT2D eigenvalue weighted by molar-refractivity contribution is 0.0997. The van der Waals surface area contributed by atoms with Crippen LogP contribution < -0.4 is 0 Å². The number of pyridine rings is 1. The van der Waals surface area contributed by atoms with Crippen molar-refractivity contribution < 1.29 is 4.79 Å². The zero-order valence-corrected chi connectivity index (χ0v) is 7.93. The van der Waals surface area contributed by atoms with Gasteiger partial charge < -0.3 is 0 Å². The number of nitrogens with zero attached hydrogens (tertiary/aromatic N) is 2. The molecule has 0 radical (unpaired) electrons. The van der Waals surface area contributed by atoms with Gasteiger partial charge in [-0.25, -0.2) is 4.98 Å². The van der Waals surface area contributed by atoms with Crippen molar-refractivity contribution in [2.24, 2.45) is 0 Å². The summed E-state index contributed by atoms with van der Waals surface area (Å²) in [5, 5.41) is 8.54. The first-order valence-electron chi connectivity index (χ1n) is 3.37. The summed E-state index contributed by atoms with van der Waals surface area (Å²) < 4.78 is 0. The molecular formula is C8H4Cl2N2O. The molecule has 0 aliphatic rings. The highest BCUT2D eigenvalue weighted by Crippen LogP contribution is 2.17. The fraction of sp³-hybridized carbons (Fsp3) is 0.125. The standard InChI is InChI=1S/C8H4Cl2N2O/c9-7-2-1-5(8(10)12-7)6(13)3-4-11/h1-2H,3H2. The predicted octanol–water partition coefficient (Wildman–Crippen LogP) is 2.48. The Hall–Kier alpha value is -1.11. The van der Waals surface area contributed by atoms with Crippen LogP contribution in [-0.4, -0.2) is 10.8 Å². The predicted molar refractivity (Wildman–Crippen MR) is 48.8 cm³/mol. The molecule has 0 saturated heterocycles. The van der Waals surface area contributed by atoms with E-state index in [1.807, 2.05) is 0 Å². The van der Waals surface area contributed by atoms with Crippen molar-refractivity contribution in [3.8, 4) is 6.07 Å². The lowest BCUT2D eigenvalue weighted by atomic mass is 10.1. The van der Waals surface area contributed by atoms with Crippen LogP contribution in [-0.2, 0) is 0 Å². The maximum atomic E-state index is 11.2. The molecule has 0 aromatic carbocycles. The van der Waals surface area contributed by atoms with Gasteiger partial charge in [0.05, 0.1) is 18.1 Å². The van der Waals surface area contributed by atoms with Gasteiger partial charge in [-0.15, -0.1) is 0 Å². The van der Waals surface area contributed by atoms with Gasteiger partial charge in [0.2, 0.25) is 0 Å². The molecule has 0 atom stereocenters. The molecule has 3 nitrogen and oxygen atoms in total. The van der Waals surface area contributed by atoms with Gasteiger partial charge in [0, 0.05) is 0 Å². The number of nitriles is 1. The zero-order valence-electron chi connectivity index (χ0n) is 6.42. The van der Waals surface area contributed by atoms with Crippen molar-refractivity contribution in [2.45, 2.75) is 6.42 Å². The summed E-state index contributed by atoms with van der Waals surface area (Å²) in [6.45, 7) is 0. The molecule has 0 amide bonds. The number of carbonyl (C=O) groups excluding carboxylic acids is 1. The second-order valence-corrected chi connectivity index (χ2v) is 2.98. The normalized spacial score (nSPS) is 9.31. The van der Waals surface area contributed by atoms with Gasteiger partial charge in [-0.2, -0.15) is 5.26 Å². The summed E-state index contributed by atoms with van der Waals surface area (Å²) in [6.07, 6.45) is -0.205. The molecule has 1 aromatic rings. The number of Topliss-reactive ketones (excluding diaryl/α,β-unsaturated/α-hetero) is 1. The SMILES string of the molecule is N#CCC(=O)c1ccc(Cl)nc1Cl. The summed E-state index contributed by atoms with van der Waals surface area (Å²) in [4.78, 5) is 14.9. The molecule has 1 aromatic heterocycles. The first-order chi connectivity index (χ1) is 6.15. The molecule has 0 bridgehead atoms. The van der Waals surface area contributed by atoms with E-state index in [1.54, 1.807) is 6.07 Å². The second kappa shape index (κ2) is 4.22. The van der Waals surface area contributed by atoms with Gasteiger partial charge in [-0.05, 0) is 12.1 Å². The van der Waals surface area contributed by atoms with Gasteiger partial charge in [-0.3, -0.25) is 4.79 Å². The second-order valence-electron chi connectivity index (χ2n) is 2.23. The number of hydrogen-bond acceptors (Lipinski definition) is 3. The number of halogens is 2. The van der Waals surface area contributed by atoms with Gasteiger partial charge in [0.25, 0.3) is 0 Å². The quantitative estimate of drug-likeness (QED) is 0.562. The third-order valence-corrected chi connectivity index (χ3v) is 1.85. The minimum atomic E-state index is -0.350. The topological polar surface area (TPSA) is 53.8 Å². The molecular weight excluding hydrogens is 211 g/mol. The van der Waals surface area contributed by atoms with E-state index in [0.29, 0.717) is 0 Å². The maximum absolute atomic E-state index is 11.2. The third kappa shape index (κ3) is 2.41. The Morgan fingerprint density at radius 2 is 2.23 bits per heavy atom. The molecule has 5 heteroatoms. The Morgan fingerprint density at radius 1 is 1.54 bits per heavy atom. The molecule has 0 aliphatic heterocycles. The van der Waals surface area contributed by atoms with Crippen LogP contribution in [0.5, 0.6) is 0 Å². The highest BCUT2D eigenvalue weighted by Gasteiger charge is 2.10. The fourth-order valence-corrected chi connectivity index (χ4v) is 1.24. The molecule has 0 fully saturated rings. The van der Waals surface area contributed by atoms with E-state index in [0.717, 1.165) is 0 Å². The Balaban J connectivity index is 3.03. The maximum Gasteiger partial charge on any atom is 0.179 e. The van der Waals surface area contributed by atoms with Gasteiger partial charge in [-0.1, -0.05) is 23.2 Å². The largest absolute Gasteiger partial charge is 0.293 e. The number of ketones is 1.